The van der Waals surface area contributed by atoms with Crippen molar-refractivity contribution in [3.63, 3.8) is 0 Å². The van der Waals surface area contributed by atoms with Crippen molar-refractivity contribution in [2.45, 2.75) is 51.7 Å². The number of carbonyl (C=O) groups excluding carboxylic acids is 1. The summed E-state index contributed by atoms with van der Waals surface area (Å²) in [5.74, 6) is 1.60. The number of para-hydroxylation sites is 1. The van der Waals surface area contributed by atoms with Crippen molar-refractivity contribution < 1.29 is 9.53 Å². The monoisotopic (exact) mass is 509 g/mol. The molecule has 1 aromatic heterocycles. The van der Waals surface area contributed by atoms with Crippen molar-refractivity contribution in [2.75, 3.05) is 19.6 Å². The minimum absolute atomic E-state index is 0.0271. The number of amides is 1. The molecule has 33 heavy (non-hydrogen) atoms. The van der Waals surface area contributed by atoms with E-state index in [1.807, 2.05) is 24.3 Å². The Morgan fingerprint density at radius 3 is 2.85 bits per heavy atom. The Morgan fingerprint density at radius 2 is 2.06 bits per heavy atom. The number of fused-ring (bicyclic) bond motifs is 2. The Hall–Kier alpha value is -2.31. The van der Waals surface area contributed by atoms with Crippen molar-refractivity contribution >= 4 is 32.7 Å². The number of hydrogen-bond acceptors (Lipinski definition) is 3. The zero-order valence-corrected chi connectivity index (χ0v) is 21.0. The molecule has 0 aliphatic carbocycles. The van der Waals surface area contributed by atoms with Gasteiger partial charge in [-0.05, 0) is 69.0 Å². The quantitative estimate of drug-likeness (QED) is 0.449. The summed E-state index contributed by atoms with van der Waals surface area (Å²) in [4.78, 5) is 18.4. The fourth-order valence-electron chi connectivity index (χ4n) is 5.06. The van der Waals surface area contributed by atoms with Crippen LogP contribution in [-0.2, 0) is 13.0 Å². The molecule has 174 valence electrons. The van der Waals surface area contributed by atoms with Crippen LogP contribution in [0, 0.1) is 5.92 Å². The molecule has 5 nitrogen and oxygen atoms in total. The van der Waals surface area contributed by atoms with E-state index in [9.17, 15) is 4.79 Å². The molecule has 2 aromatic carbocycles. The number of carbonyl (C=O) groups is 1. The van der Waals surface area contributed by atoms with Gasteiger partial charge in [0, 0.05) is 40.4 Å². The molecule has 2 aliphatic heterocycles. The first-order chi connectivity index (χ1) is 15.9. The highest BCUT2D eigenvalue weighted by molar-refractivity contribution is 9.10. The standard InChI is InChI=1S/C27H32BrN3O2/c1-3-27(2)15-20-5-4-6-21(25(20)33-27)17-31-11-9-18(10-12-31)16-29-26(32)24-13-19-7-8-22(28)14-23(19)30-24/h4-8,13-14,18,30H,3,9-12,15-17H2,1-2H3,(H,29,32). The summed E-state index contributed by atoms with van der Waals surface area (Å²) < 4.78 is 7.39. The number of benzene rings is 2. The lowest BCUT2D eigenvalue weighted by atomic mass is 9.95. The summed E-state index contributed by atoms with van der Waals surface area (Å²) in [5.41, 5.74) is 4.18. The molecule has 6 heteroatoms. The third kappa shape index (κ3) is 4.82. The second-order valence-corrected chi connectivity index (χ2v) is 10.7. The van der Waals surface area contributed by atoms with E-state index < -0.39 is 0 Å². The number of rotatable bonds is 6. The molecule has 5 rings (SSSR count). The third-order valence-electron chi connectivity index (χ3n) is 7.32. The average Bonchev–Trinajstić information content (AvgIpc) is 3.39. The van der Waals surface area contributed by atoms with Crippen LogP contribution in [0.1, 0.15) is 54.7 Å². The smallest absolute Gasteiger partial charge is 0.267 e. The van der Waals surface area contributed by atoms with Crippen LogP contribution in [0.4, 0.5) is 0 Å². The van der Waals surface area contributed by atoms with Gasteiger partial charge in [-0.3, -0.25) is 9.69 Å². The van der Waals surface area contributed by atoms with E-state index in [1.54, 1.807) is 0 Å². The predicted octanol–water partition coefficient (Wildman–Crippen LogP) is 5.68. The SMILES string of the molecule is CCC1(C)Cc2cccc(CN3CCC(CNC(=O)c4cc5ccc(Br)cc5[nH]4)CC3)c2O1. The fourth-order valence-corrected chi connectivity index (χ4v) is 5.42. The normalized spacial score (nSPS) is 21.2. The summed E-state index contributed by atoms with van der Waals surface area (Å²) in [6, 6.07) is 14.5. The Labute approximate surface area is 204 Å². The maximum atomic E-state index is 12.7. The number of nitrogens with one attached hydrogen (secondary N) is 2. The van der Waals surface area contributed by atoms with Gasteiger partial charge in [0.15, 0.2) is 0 Å². The summed E-state index contributed by atoms with van der Waals surface area (Å²) >= 11 is 3.48. The van der Waals surface area contributed by atoms with Crippen LogP contribution in [0.15, 0.2) is 46.9 Å². The van der Waals surface area contributed by atoms with E-state index in [2.05, 4.69) is 63.2 Å². The molecule has 2 aliphatic rings. The Bertz CT molecular complexity index is 1170. The topological polar surface area (TPSA) is 57.4 Å². The lowest BCUT2D eigenvalue weighted by Crippen LogP contribution is -2.38. The molecule has 0 spiro atoms. The molecule has 1 unspecified atom stereocenters. The highest BCUT2D eigenvalue weighted by Crippen LogP contribution is 2.40. The largest absolute Gasteiger partial charge is 0.487 e. The average molecular weight is 510 g/mol. The van der Waals surface area contributed by atoms with Gasteiger partial charge in [0.2, 0.25) is 0 Å². The van der Waals surface area contributed by atoms with Gasteiger partial charge in [0.05, 0.1) is 0 Å². The lowest BCUT2D eigenvalue weighted by Gasteiger charge is -2.32. The van der Waals surface area contributed by atoms with Gasteiger partial charge in [0.25, 0.3) is 5.91 Å². The van der Waals surface area contributed by atoms with Crippen LogP contribution < -0.4 is 10.1 Å². The van der Waals surface area contributed by atoms with Crippen LogP contribution in [0.3, 0.4) is 0 Å². The molecule has 1 amide bonds. The summed E-state index contributed by atoms with van der Waals surface area (Å²) in [5, 5.41) is 4.19. The minimum atomic E-state index is -0.0644. The molecule has 0 saturated carbocycles. The minimum Gasteiger partial charge on any atom is -0.487 e. The van der Waals surface area contributed by atoms with Crippen LogP contribution in [-0.4, -0.2) is 41.0 Å². The number of aromatic amines is 1. The molecule has 1 saturated heterocycles. The number of piperidine rings is 1. The summed E-state index contributed by atoms with van der Waals surface area (Å²) in [6.45, 7) is 8.18. The first kappa shape index (κ1) is 22.5. The second kappa shape index (κ2) is 9.15. The number of H-pyrrole nitrogens is 1. The van der Waals surface area contributed by atoms with Crippen LogP contribution >= 0.6 is 15.9 Å². The van der Waals surface area contributed by atoms with Crippen molar-refractivity contribution in [3.05, 3.63) is 63.8 Å². The molecule has 0 bridgehead atoms. The number of ether oxygens (including phenoxy) is 1. The van der Waals surface area contributed by atoms with Gasteiger partial charge in [-0.1, -0.05) is 47.1 Å². The van der Waals surface area contributed by atoms with E-state index in [0.717, 1.165) is 73.0 Å². The second-order valence-electron chi connectivity index (χ2n) is 9.83. The van der Waals surface area contributed by atoms with Crippen molar-refractivity contribution in [2.24, 2.45) is 5.92 Å². The van der Waals surface area contributed by atoms with Gasteiger partial charge < -0.3 is 15.0 Å². The van der Waals surface area contributed by atoms with Gasteiger partial charge in [-0.2, -0.15) is 0 Å². The fraction of sp³-hybridized carbons (Fsp3) is 0.444. The first-order valence-electron chi connectivity index (χ1n) is 12.0. The lowest BCUT2D eigenvalue weighted by molar-refractivity contribution is 0.0928. The third-order valence-corrected chi connectivity index (χ3v) is 7.81. The van der Waals surface area contributed by atoms with Crippen LogP contribution in [0.5, 0.6) is 5.75 Å². The predicted molar refractivity (Wildman–Crippen MR) is 136 cm³/mol. The molecule has 0 radical (unpaired) electrons. The van der Waals surface area contributed by atoms with Gasteiger partial charge in [0.1, 0.15) is 17.0 Å². The number of halogens is 1. The molecule has 2 N–H and O–H groups in total. The number of hydrogen-bond donors (Lipinski definition) is 2. The van der Waals surface area contributed by atoms with Crippen molar-refractivity contribution in [3.8, 4) is 5.75 Å². The van der Waals surface area contributed by atoms with Gasteiger partial charge in [-0.25, -0.2) is 0 Å². The van der Waals surface area contributed by atoms with E-state index in [1.165, 1.54) is 11.1 Å². The summed E-state index contributed by atoms with van der Waals surface area (Å²) in [6.07, 6.45) is 4.22. The molecule has 3 heterocycles. The van der Waals surface area contributed by atoms with Crippen LogP contribution in [0.25, 0.3) is 10.9 Å². The maximum absolute atomic E-state index is 12.7. The zero-order valence-electron chi connectivity index (χ0n) is 19.4. The van der Waals surface area contributed by atoms with E-state index >= 15 is 0 Å². The molecule has 1 atom stereocenters. The van der Waals surface area contributed by atoms with Gasteiger partial charge >= 0.3 is 0 Å². The number of aromatic nitrogens is 1. The van der Waals surface area contributed by atoms with Crippen molar-refractivity contribution in [1.82, 2.24) is 15.2 Å². The summed E-state index contributed by atoms with van der Waals surface area (Å²) in [7, 11) is 0. The first-order valence-corrected chi connectivity index (χ1v) is 12.8. The van der Waals surface area contributed by atoms with E-state index in [-0.39, 0.29) is 11.5 Å². The van der Waals surface area contributed by atoms with Crippen molar-refractivity contribution in [1.29, 1.82) is 0 Å². The highest BCUT2D eigenvalue weighted by Gasteiger charge is 2.34. The van der Waals surface area contributed by atoms with Crippen LogP contribution in [0.2, 0.25) is 0 Å². The van der Waals surface area contributed by atoms with E-state index in [4.69, 9.17) is 4.74 Å². The Kier molecular flexibility index (Phi) is 6.23. The van der Waals surface area contributed by atoms with E-state index in [0.29, 0.717) is 11.6 Å². The molecule has 1 fully saturated rings. The number of nitrogens with zero attached hydrogens (tertiary/aromatic N) is 1. The molecular weight excluding hydrogens is 478 g/mol. The molecule has 3 aromatic rings. The van der Waals surface area contributed by atoms with Gasteiger partial charge in [-0.15, -0.1) is 0 Å². The highest BCUT2D eigenvalue weighted by atomic mass is 79.9. The Morgan fingerprint density at radius 1 is 1.24 bits per heavy atom. The molecular formula is C27H32BrN3O2. The zero-order chi connectivity index (χ0) is 23.0. The Balaban J connectivity index is 1.12. The number of likely N-dealkylation sites (tertiary alicyclic amines) is 1. The maximum Gasteiger partial charge on any atom is 0.267 e.